The molecule has 1 nitrogen and oxygen atoms in total. The Morgan fingerprint density at radius 2 is 2.00 bits per heavy atom. The Morgan fingerprint density at radius 1 is 1.40 bits per heavy atom. The van der Waals surface area contributed by atoms with Crippen LogP contribution < -0.4 is 0 Å². The van der Waals surface area contributed by atoms with Crippen molar-refractivity contribution in [1.29, 1.82) is 0 Å². The lowest BCUT2D eigenvalue weighted by molar-refractivity contribution is -0.137. The van der Waals surface area contributed by atoms with Gasteiger partial charge in [0.15, 0.2) is 0 Å². The maximum atomic E-state index is 12.4. The van der Waals surface area contributed by atoms with Crippen molar-refractivity contribution in [2.24, 2.45) is 0 Å². The molecule has 0 fully saturated rings. The molecule has 1 unspecified atom stereocenters. The molecule has 1 aromatic rings. The van der Waals surface area contributed by atoms with Crippen LogP contribution in [0, 0.1) is 0 Å². The molecule has 0 heterocycles. The van der Waals surface area contributed by atoms with Crippen molar-refractivity contribution in [1.82, 2.24) is 0 Å². The van der Waals surface area contributed by atoms with E-state index < -0.39 is 22.9 Å². The largest absolute Gasteiger partial charge is 0.417 e. The minimum Gasteiger partial charge on any atom is -0.384 e. The molecule has 0 saturated heterocycles. The molecule has 0 saturated carbocycles. The number of halogens is 4. The highest BCUT2D eigenvalue weighted by Gasteiger charge is 2.34. The fraction of sp³-hybridized carbons (Fsp3) is 0.200. The van der Waals surface area contributed by atoms with Crippen LogP contribution >= 0.6 is 11.6 Å². The third-order valence-electron chi connectivity index (χ3n) is 1.88. The second kappa shape index (κ2) is 4.24. The van der Waals surface area contributed by atoms with Gasteiger partial charge < -0.3 is 5.11 Å². The van der Waals surface area contributed by atoms with Gasteiger partial charge in [0.2, 0.25) is 0 Å². The van der Waals surface area contributed by atoms with E-state index in [1.807, 2.05) is 0 Å². The number of aliphatic hydroxyl groups excluding tert-OH is 1. The summed E-state index contributed by atoms with van der Waals surface area (Å²) in [6.07, 6.45) is -4.60. The van der Waals surface area contributed by atoms with Crippen LogP contribution in [0.5, 0.6) is 0 Å². The van der Waals surface area contributed by atoms with Crippen LogP contribution in [0.1, 0.15) is 17.2 Å². The standard InChI is InChI=1S/C10H8ClF3O/c1-2-8(15)6-4-3-5-7(9(6)11)10(12,13)14/h2-5,8,15H,1H2. The van der Waals surface area contributed by atoms with Crippen molar-refractivity contribution in [2.75, 3.05) is 0 Å². The highest BCUT2D eigenvalue weighted by molar-refractivity contribution is 6.32. The normalized spacial score (nSPS) is 13.7. The van der Waals surface area contributed by atoms with Gasteiger partial charge >= 0.3 is 6.18 Å². The van der Waals surface area contributed by atoms with Crippen molar-refractivity contribution >= 4 is 11.6 Å². The summed E-state index contributed by atoms with van der Waals surface area (Å²) in [4.78, 5) is 0. The number of benzene rings is 1. The van der Waals surface area contributed by atoms with E-state index in [2.05, 4.69) is 6.58 Å². The molecule has 0 aliphatic rings. The molecular weight excluding hydrogens is 229 g/mol. The lowest BCUT2D eigenvalue weighted by atomic mass is 10.1. The van der Waals surface area contributed by atoms with Crippen LogP contribution in [-0.4, -0.2) is 5.11 Å². The van der Waals surface area contributed by atoms with Gasteiger partial charge in [0, 0.05) is 5.56 Å². The van der Waals surface area contributed by atoms with Crippen LogP contribution in [0.3, 0.4) is 0 Å². The molecular formula is C10H8ClF3O. The Bertz CT molecular complexity index is 373. The van der Waals surface area contributed by atoms with Gasteiger partial charge in [-0.05, 0) is 6.07 Å². The van der Waals surface area contributed by atoms with E-state index in [1.54, 1.807) is 0 Å². The molecule has 0 aromatic heterocycles. The third kappa shape index (κ3) is 2.52. The zero-order chi connectivity index (χ0) is 11.6. The minimum atomic E-state index is -4.52. The molecule has 1 aromatic carbocycles. The first-order valence-electron chi connectivity index (χ1n) is 4.04. The minimum absolute atomic E-state index is 0.00138. The zero-order valence-corrected chi connectivity index (χ0v) is 8.31. The van der Waals surface area contributed by atoms with E-state index in [1.165, 1.54) is 12.1 Å². The number of rotatable bonds is 2. The first-order valence-corrected chi connectivity index (χ1v) is 4.42. The maximum Gasteiger partial charge on any atom is 0.417 e. The van der Waals surface area contributed by atoms with Gasteiger partial charge in [-0.3, -0.25) is 0 Å². The van der Waals surface area contributed by atoms with Crippen LogP contribution in [-0.2, 0) is 6.18 Å². The summed E-state index contributed by atoms with van der Waals surface area (Å²) in [6.45, 7) is 3.28. The van der Waals surface area contributed by atoms with Gasteiger partial charge in [-0.2, -0.15) is 13.2 Å². The lowest BCUT2D eigenvalue weighted by Gasteiger charge is -2.13. The average molecular weight is 237 g/mol. The summed E-state index contributed by atoms with van der Waals surface area (Å²) >= 11 is 5.54. The monoisotopic (exact) mass is 236 g/mol. The molecule has 0 radical (unpaired) electrons. The van der Waals surface area contributed by atoms with Crippen molar-refractivity contribution < 1.29 is 18.3 Å². The van der Waals surface area contributed by atoms with E-state index in [9.17, 15) is 18.3 Å². The number of aliphatic hydroxyl groups is 1. The molecule has 82 valence electrons. The SMILES string of the molecule is C=CC(O)c1cccc(C(F)(F)F)c1Cl. The van der Waals surface area contributed by atoms with E-state index in [0.29, 0.717) is 0 Å². The number of hydrogen-bond acceptors (Lipinski definition) is 1. The molecule has 5 heteroatoms. The first kappa shape index (κ1) is 12.1. The van der Waals surface area contributed by atoms with Crippen molar-refractivity contribution in [3.05, 3.63) is 47.0 Å². The molecule has 15 heavy (non-hydrogen) atoms. The van der Waals surface area contributed by atoms with Crippen molar-refractivity contribution in [2.45, 2.75) is 12.3 Å². The fourth-order valence-corrected chi connectivity index (χ4v) is 1.47. The summed E-state index contributed by atoms with van der Waals surface area (Å²) in [5.74, 6) is 0. The first-order chi connectivity index (χ1) is 6.88. The van der Waals surface area contributed by atoms with Crippen LogP contribution in [0.15, 0.2) is 30.9 Å². The molecule has 0 spiro atoms. The number of alkyl halides is 3. The van der Waals surface area contributed by atoms with Gasteiger partial charge in [-0.15, -0.1) is 6.58 Å². The second-order valence-corrected chi connectivity index (χ2v) is 3.27. The summed E-state index contributed by atoms with van der Waals surface area (Å²) in [7, 11) is 0. The maximum absolute atomic E-state index is 12.4. The summed E-state index contributed by atoms with van der Waals surface area (Å²) in [5, 5.41) is 8.84. The van der Waals surface area contributed by atoms with Gasteiger partial charge in [0.25, 0.3) is 0 Å². The molecule has 0 aliphatic heterocycles. The third-order valence-corrected chi connectivity index (χ3v) is 2.30. The molecule has 0 bridgehead atoms. The number of hydrogen-bond donors (Lipinski definition) is 1. The quantitative estimate of drug-likeness (QED) is 0.779. The Morgan fingerprint density at radius 3 is 2.47 bits per heavy atom. The van der Waals surface area contributed by atoms with Gasteiger partial charge in [-0.25, -0.2) is 0 Å². The van der Waals surface area contributed by atoms with Gasteiger partial charge in [-0.1, -0.05) is 29.8 Å². The zero-order valence-electron chi connectivity index (χ0n) is 7.55. The van der Waals surface area contributed by atoms with E-state index in [4.69, 9.17) is 11.6 Å². The highest BCUT2D eigenvalue weighted by Crippen LogP contribution is 2.37. The molecule has 0 amide bonds. The summed E-state index contributed by atoms with van der Waals surface area (Å²) in [6, 6.07) is 3.38. The predicted octanol–water partition coefficient (Wildman–Crippen LogP) is 3.58. The Balaban J connectivity index is 3.29. The summed E-state index contributed by atoms with van der Waals surface area (Å²) < 4.78 is 37.2. The lowest BCUT2D eigenvalue weighted by Crippen LogP contribution is -2.08. The Hall–Kier alpha value is -1.00. The van der Waals surface area contributed by atoms with E-state index in [0.717, 1.165) is 12.1 Å². The second-order valence-electron chi connectivity index (χ2n) is 2.89. The van der Waals surface area contributed by atoms with Gasteiger partial charge in [0.1, 0.15) is 0 Å². The topological polar surface area (TPSA) is 20.2 Å². The predicted molar refractivity (Wildman–Crippen MR) is 51.6 cm³/mol. The smallest absolute Gasteiger partial charge is 0.384 e. The van der Waals surface area contributed by atoms with E-state index in [-0.39, 0.29) is 5.56 Å². The highest BCUT2D eigenvalue weighted by atomic mass is 35.5. The molecule has 1 N–H and O–H groups in total. The van der Waals surface area contributed by atoms with Crippen LogP contribution in [0.4, 0.5) is 13.2 Å². The van der Waals surface area contributed by atoms with Gasteiger partial charge in [0.05, 0.1) is 16.7 Å². The Kier molecular flexibility index (Phi) is 3.42. The average Bonchev–Trinajstić information content (AvgIpc) is 2.15. The Labute approximate surface area is 89.8 Å². The molecule has 0 aliphatic carbocycles. The molecule has 1 atom stereocenters. The van der Waals surface area contributed by atoms with E-state index >= 15 is 0 Å². The van der Waals surface area contributed by atoms with Crippen molar-refractivity contribution in [3.8, 4) is 0 Å². The fourth-order valence-electron chi connectivity index (χ4n) is 1.12. The van der Waals surface area contributed by atoms with Crippen molar-refractivity contribution in [3.63, 3.8) is 0 Å². The summed E-state index contributed by atoms with van der Waals surface area (Å²) in [5.41, 5.74) is -0.955. The van der Waals surface area contributed by atoms with Crippen LogP contribution in [0.25, 0.3) is 0 Å². The van der Waals surface area contributed by atoms with Crippen LogP contribution in [0.2, 0.25) is 5.02 Å². The molecule has 1 rings (SSSR count).